The third kappa shape index (κ3) is 3.43. The van der Waals surface area contributed by atoms with Crippen molar-refractivity contribution in [1.29, 1.82) is 0 Å². The van der Waals surface area contributed by atoms with Crippen LogP contribution in [0.1, 0.15) is 55.1 Å². The van der Waals surface area contributed by atoms with Crippen LogP contribution in [-0.2, 0) is 0 Å². The number of carbonyl (C=O) groups excluding carboxylic acids is 1. The van der Waals surface area contributed by atoms with Gasteiger partial charge in [-0.25, -0.2) is 0 Å². The first-order valence-electron chi connectivity index (χ1n) is 8.41. The second-order valence-electron chi connectivity index (χ2n) is 6.27. The molecule has 1 N–H and O–H groups in total. The van der Waals surface area contributed by atoms with Gasteiger partial charge in [-0.1, -0.05) is 38.1 Å². The molecule has 0 fully saturated rings. The molecule has 0 saturated heterocycles. The Bertz CT molecular complexity index is 740. The maximum Gasteiger partial charge on any atom is 0.251 e. The van der Waals surface area contributed by atoms with Gasteiger partial charge in [0.2, 0.25) is 0 Å². The number of benzene rings is 2. The van der Waals surface area contributed by atoms with E-state index in [4.69, 9.17) is 4.74 Å². The zero-order valence-corrected chi connectivity index (χ0v) is 16.2. The van der Waals surface area contributed by atoms with Gasteiger partial charge >= 0.3 is 0 Å². The van der Waals surface area contributed by atoms with Crippen LogP contribution in [0.4, 0.5) is 0 Å². The fourth-order valence-corrected chi connectivity index (χ4v) is 3.84. The first kappa shape index (κ1) is 17.3. The Morgan fingerprint density at radius 2 is 1.96 bits per heavy atom. The number of fused-ring (bicyclic) bond motifs is 1. The van der Waals surface area contributed by atoms with E-state index in [0.717, 1.165) is 34.1 Å². The number of hydrogen-bond donors (Lipinski definition) is 1. The summed E-state index contributed by atoms with van der Waals surface area (Å²) in [6.07, 6.45) is 2.65. The van der Waals surface area contributed by atoms with Gasteiger partial charge in [0.1, 0.15) is 11.4 Å². The molecule has 1 heterocycles. The van der Waals surface area contributed by atoms with Gasteiger partial charge in [-0.2, -0.15) is 0 Å². The van der Waals surface area contributed by atoms with Crippen LogP contribution in [0, 0.1) is 3.57 Å². The van der Waals surface area contributed by atoms with Crippen molar-refractivity contribution < 1.29 is 9.53 Å². The highest BCUT2D eigenvalue weighted by Crippen LogP contribution is 2.42. The van der Waals surface area contributed by atoms with Crippen LogP contribution < -0.4 is 10.1 Å². The average Bonchev–Trinajstić information content (AvgIpc) is 2.61. The molecule has 0 saturated carbocycles. The molecular formula is C20H22INO2. The van der Waals surface area contributed by atoms with Gasteiger partial charge in [-0.05, 0) is 59.7 Å². The largest absolute Gasteiger partial charge is 0.487 e. The van der Waals surface area contributed by atoms with Crippen molar-refractivity contribution >= 4 is 28.5 Å². The second-order valence-corrected chi connectivity index (χ2v) is 7.52. The van der Waals surface area contributed by atoms with Gasteiger partial charge < -0.3 is 10.1 Å². The lowest BCUT2D eigenvalue weighted by Crippen LogP contribution is -2.44. The van der Waals surface area contributed by atoms with Crippen LogP contribution in [0.15, 0.2) is 48.5 Å². The molecule has 2 aromatic rings. The van der Waals surface area contributed by atoms with E-state index in [0.29, 0.717) is 5.56 Å². The Hall–Kier alpha value is -1.56. The first-order chi connectivity index (χ1) is 11.6. The standard InChI is InChI=1S/C20H22INO2/c1-3-20(4-2)13-17(16-10-5-6-11-18(16)24-20)22-19(23)14-8-7-9-15(21)12-14/h5-12,17H,3-4,13H2,1-2H3,(H,22,23)/t17-/m0/s1. The minimum Gasteiger partial charge on any atom is -0.487 e. The molecule has 3 nitrogen and oxygen atoms in total. The third-order valence-electron chi connectivity index (χ3n) is 4.88. The molecule has 0 radical (unpaired) electrons. The summed E-state index contributed by atoms with van der Waals surface area (Å²) in [5.41, 5.74) is 1.55. The van der Waals surface area contributed by atoms with Gasteiger partial charge in [-0.3, -0.25) is 4.79 Å². The molecule has 3 rings (SSSR count). The van der Waals surface area contributed by atoms with Crippen LogP contribution in [0.2, 0.25) is 0 Å². The maximum atomic E-state index is 12.7. The molecule has 1 aliphatic heterocycles. The van der Waals surface area contributed by atoms with Crippen molar-refractivity contribution in [1.82, 2.24) is 5.32 Å². The molecule has 1 aliphatic rings. The summed E-state index contributed by atoms with van der Waals surface area (Å²) in [5, 5.41) is 3.22. The number of hydrogen-bond acceptors (Lipinski definition) is 2. The van der Waals surface area contributed by atoms with Crippen molar-refractivity contribution in [3.05, 3.63) is 63.2 Å². The monoisotopic (exact) mass is 435 g/mol. The number of rotatable bonds is 4. The van der Waals surface area contributed by atoms with Crippen LogP contribution >= 0.6 is 22.6 Å². The molecule has 0 aromatic heterocycles. The zero-order chi connectivity index (χ0) is 17.2. The SMILES string of the molecule is CCC1(CC)C[C@H](NC(=O)c2cccc(I)c2)c2ccccc2O1. The Labute approximate surface area is 156 Å². The number of nitrogens with one attached hydrogen (secondary N) is 1. The molecule has 126 valence electrons. The summed E-state index contributed by atoms with van der Waals surface area (Å²) < 4.78 is 7.36. The van der Waals surface area contributed by atoms with Crippen molar-refractivity contribution in [2.75, 3.05) is 0 Å². The summed E-state index contributed by atoms with van der Waals surface area (Å²) in [4.78, 5) is 12.7. The molecular weight excluding hydrogens is 413 g/mol. The molecule has 4 heteroatoms. The number of carbonyl (C=O) groups is 1. The van der Waals surface area contributed by atoms with Crippen LogP contribution in [0.5, 0.6) is 5.75 Å². The van der Waals surface area contributed by atoms with Crippen molar-refractivity contribution in [2.24, 2.45) is 0 Å². The molecule has 0 aliphatic carbocycles. The van der Waals surface area contributed by atoms with E-state index >= 15 is 0 Å². The Kier molecular flexibility index (Phi) is 5.13. The van der Waals surface area contributed by atoms with Crippen LogP contribution in [0.25, 0.3) is 0 Å². The van der Waals surface area contributed by atoms with Crippen molar-refractivity contribution in [3.8, 4) is 5.75 Å². The average molecular weight is 435 g/mol. The molecule has 2 aromatic carbocycles. The number of halogens is 1. The fourth-order valence-electron chi connectivity index (χ4n) is 3.30. The van der Waals surface area contributed by atoms with Gasteiger partial charge in [0.05, 0.1) is 6.04 Å². The van der Waals surface area contributed by atoms with Gasteiger partial charge in [-0.15, -0.1) is 0 Å². The van der Waals surface area contributed by atoms with E-state index in [1.807, 2.05) is 48.5 Å². The van der Waals surface area contributed by atoms with Crippen molar-refractivity contribution in [2.45, 2.75) is 44.8 Å². The predicted molar refractivity (Wildman–Crippen MR) is 104 cm³/mol. The normalized spacial score (nSPS) is 18.4. The summed E-state index contributed by atoms with van der Waals surface area (Å²) in [7, 11) is 0. The zero-order valence-electron chi connectivity index (χ0n) is 14.0. The van der Waals surface area contributed by atoms with Crippen LogP contribution in [-0.4, -0.2) is 11.5 Å². The topological polar surface area (TPSA) is 38.3 Å². The van der Waals surface area contributed by atoms with E-state index in [1.165, 1.54) is 0 Å². The molecule has 0 spiro atoms. The lowest BCUT2D eigenvalue weighted by molar-refractivity contribution is 0.0227. The van der Waals surface area contributed by atoms with Gasteiger partial charge in [0, 0.05) is 21.1 Å². The minimum absolute atomic E-state index is 0.0276. The lowest BCUT2D eigenvalue weighted by atomic mass is 9.83. The van der Waals surface area contributed by atoms with Gasteiger partial charge in [0.25, 0.3) is 5.91 Å². The highest BCUT2D eigenvalue weighted by molar-refractivity contribution is 14.1. The Balaban J connectivity index is 1.90. The molecule has 0 unspecified atom stereocenters. The number of para-hydroxylation sites is 1. The number of amides is 1. The smallest absolute Gasteiger partial charge is 0.251 e. The van der Waals surface area contributed by atoms with E-state index in [2.05, 4.69) is 41.8 Å². The maximum absolute atomic E-state index is 12.7. The number of ether oxygens (including phenoxy) is 1. The summed E-state index contributed by atoms with van der Waals surface area (Å²) in [5.74, 6) is 0.858. The predicted octanol–water partition coefficient (Wildman–Crippen LogP) is 5.10. The quantitative estimate of drug-likeness (QED) is 0.679. The molecule has 1 amide bonds. The second kappa shape index (κ2) is 7.13. The highest BCUT2D eigenvalue weighted by Gasteiger charge is 2.38. The fraction of sp³-hybridized carbons (Fsp3) is 0.350. The van der Waals surface area contributed by atoms with Gasteiger partial charge in [0.15, 0.2) is 0 Å². The van der Waals surface area contributed by atoms with E-state index in [-0.39, 0.29) is 17.6 Å². The lowest BCUT2D eigenvalue weighted by Gasteiger charge is -2.41. The molecule has 24 heavy (non-hydrogen) atoms. The third-order valence-corrected chi connectivity index (χ3v) is 5.55. The Morgan fingerprint density at radius 3 is 2.67 bits per heavy atom. The summed E-state index contributed by atoms with van der Waals surface area (Å²) >= 11 is 2.23. The Morgan fingerprint density at radius 1 is 1.21 bits per heavy atom. The first-order valence-corrected chi connectivity index (χ1v) is 9.49. The van der Waals surface area contributed by atoms with E-state index < -0.39 is 0 Å². The summed E-state index contributed by atoms with van der Waals surface area (Å²) in [6, 6.07) is 15.7. The highest BCUT2D eigenvalue weighted by atomic mass is 127. The summed E-state index contributed by atoms with van der Waals surface area (Å²) in [6.45, 7) is 4.30. The molecule has 1 atom stereocenters. The van der Waals surface area contributed by atoms with E-state index in [9.17, 15) is 4.79 Å². The van der Waals surface area contributed by atoms with Crippen LogP contribution in [0.3, 0.4) is 0 Å². The molecule has 0 bridgehead atoms. The van der Waals surface area contributed by atoms with Crippen molar-refractivity contribution in [3.63, 3.8) is 0 Å². The van der Waals surface area contributed by atoms with E-state index in [1.54, 1.807) is 0 Å². The minimum atomic E-state index is -0.211.